The molecular weight excluding hydrogens is 292 g/mol. The number of aliphatic hydroxyl groups is 1. The van der Waals surface area contributed by atoms with Crippen LogP contribution in [0.15, 0.2) is 30.3 Å². The second kappa shape index (κ2) is 6.72. The van der Waals surface area contributed by atoms with Gasteiger partial charge in [0.25, 0.3) is 5.91 Å². The maximum atomic E-state index is 11.1. The van der Waals surface area contributed by atoms with Crippen molar-refractivity contribution in [1.29, 1.82) is 0 Å². The molecule has 3 rings (SSSR count). The third kappa shape index (κ3) is 3.92. The van der Waals surface area contributed by atoms with Gasteiger partial charge in [-0.15, -0.1) is 0 Å². The molecule has 0 heterocycles. The Kier molecular flexibility index (Phi) is 4.68. The molecule has 1 aromatic rings. The fraction of sp³-hybridized carbons (Fsp3) is 0.500. The number of carbonyl (C=O) groups excluding carboxylic acids is 1. The van der Waals surface area contributed by atoms with Gasteiger partial charge in [0.05, 0.1) is 0 Å². The first-order valence-electron chi connectivity index (χ1n) is 8.28. The van der Waals surface area contributed by atoms with Crippen molar-refractivity contribution < 1.29 is 15.1 Å². The van der Waals surface area contributed by atoms with Crippen LogP contribution in [0.25, 0.3) is 6.08 Å². The van der Waals surface area contributed by atoms with Crippen LogP contribution in [-0.2, 0) is 4.79 Å². The summed E-state index contributed by atoms with van der Waals surface area (Å²) in [4.78, 5) is 11.1. The van der Waals surface area contributed by atoms with Crippen LogP contribution in [0.2, 0.25) is 0 Å². The van der Waals surface area contributed by atoms with Crippen molar-refractivity contribution in [1.82, 2.24) is 5.48 Å². The zero-order valence-corrected chi connectivity index (χ0v) is 13.2. The maximum Gasteiger partial charge on any atom is 0.267 e. The Hall–Kier alpha value is -1.85. The normalized spacial score (nSPS) is 21.3. The third-order valence-electron chi connectivity index (χ3n) is 5.28. The summed E-state index contributed by atoms with van der Waals surface area (Å²) in [5, 5.41) is 22.2. The Morgan fingerprint density at radius 1 is 1.22 bits per heavy atom. The molecular formula is C18H24N2O3. The molecule has 1 unspecified atom stereocenters. The molecule has 4 N–H and O–H groups in total. The van der Waals surface area contributed by atoms with E-state index in [1.165, 1.54) is 31.8 Å². The summed E-state index contributed by atoms with van der Waals surface area (Å²) in [5.41, 5.74) is 3.77. The molecule has 0 radical (unpaired) electrons. The van der Waals surface area contributed by atoms with Crippen LogP contribution in [0.3, 0.4) is 0 Å². The minimum atomic E-state index is -0.581. The standard InChI is InChI=1S/C18H24N2O3/c21-16(20-23)6-5-13-3-1-2-4-15(13)19-17(22)14-7-9-18(10-8-14)11-12-18/h1-6,14,17,19,22-23H,7-12H2,(H,20,21)/b6-5+. The number of rotatable bonds is 5. The lowest BCUT2D eigenvalue weighted by Crippen LogP contribution is -2.32. The number of aliphatic hydroxyl groups excluding tert-OH is 1. The zero-order valence-electron chi connectivity index (χ0n) is 13.2. The fourth-order valence-electron chi connectivity index (χ4n) is 3.50. The number of carbonyl (C=O) groups is 1. The van der Waals surface area contributed by atoms with Crippen LogP contribution >= 0.6 is 0 Å². The van der Waals surface area contributed by atoms with Crippen LogP contribution in [0.5, 0.6) is 0 Å². The number of hydroxylamine groups is 1. The van der Waals surface area contributed by atoms with Gasteiger partial charge < -0.3 is 10.4 Å². The highest BCUT2D eigenvalue weighted by atomic mass is 16.5. The summed E-state index contributed by atoms with van der Waals surface area (Å²) in [7, 11) is 0. The van der Waals surface area contributed by atoms with Crippen molar-refractivity contribution in [2.45, 2.75) is 44.8 Å². The van der Waals surface area contributed by atoms with Gasteiger partial charge in [0, 0.05) is 17.7 Å². The maximum absolute atomic E-state index is 11.1. The highest BCUT2D eigenvalue weighted by molar-refractivity contribution is 5.91. The highest BCUT2D eigenvalue weighted by Gasteiger charge is 2.45. The van der Waals surface area contributed by atoms with Crippen LogP contribution < -0.4 is 10.8 Å². The van der Waals surface area contributed by atoms with Gasteiger partial charge in [0.2, 0.25) is 0 Å². The van der Waals surface area contributed by atoms with Gasteiger partial charge in [0.1, 0.15) is 6.23 Å². The van der Waals surface area contributed by atoms with Crippen LogP contribution in [0.1, 0.15) is 44.1 Å². The molecule has 1 aromatic carbocycles. The number of hydrogen-bond donors (Lipinski definition) is 4. The number of anilines is 1. The monoisotopic (exact) mass is 316 g/mol. The van der Waals surface area contributed by atoms with Gasteiger partial charge in [-0.1, -0.05) is 18.2 Å². The van der Waals surface area contributed by atoms with Crippen LogP contribution in [0, 0.1) is 11.3 Å². The van der Waals surface area contributed by atoms with E-state index >= 15 is 0 Å². The first-order chi connectivity index (χ1) is 11.1. The molecule has 0 saturated heterocycles. The summed E-state index contributed by atoms with van der Waals surface area (Å²) < 4.78 is 0. The lowest BCUT2D eigenvalue weighted by atomic mass is 9.79. The van der Waals surface area contributed by atoms with E-state index in [1.807, 2.05) is 24.3 Å². The molecule has 2 saturated carbocycles. The predicted octanol–water partition coefficient (Wildman–Crippen LogP) is 2.91. The van der Waals surface area contributed by atoms with E-state index in [2.05, 4.69) is 5.32 Å². The lowest BCUT2D eigenvalue weighted by molar-refractivity contribution is -0.124. The molecule has 124 valence electrons. The number of amides is 1. The molecule has 0 bridgehead atoms. The summed E-state index contributed by atoms with van der Waals surface area (Å²) in [5.74, 6) is -0.304. The molecule has 2 aliphatic rings. The first kappa shape index (κ1) is 16.0. The Morgan fingerprint density at radius 2 is 1.91 bits per heavy atom. The fourth-order valence-corrected chi connectivity index (χ4v) is 3.50. The molecule has 0 aromatic heterocycles. The summed E-state index contributed by atoms with van der Waals surface area (Å²) in [6.07, 6.45) is 9.62. The molecule has 2 fully saturated rings. The van der Waals surface area contributed by atoms with Gasteiger partial charge in [-0.3, -0.25) is 10.0 Å². The van der Waals surface area contributed by atoms with Crippen molar-refractivity contribution >= 4 is 17.7 Å². The van der Waals surface area contributed by atoms with Gasteiger partial charge in [-0.25, -0.2) is 5.48 Å². The van der Waals surface area contributed by atoms with Crippen molar-refractivity contribution in [2.24, 2.45) is 11.3 Å². The average Bonchev–Trinajstić information content (AvgIpc) is 3.33. The summed E-state index contributed by atoms with van der Waals surface area (Å²) in [6.45, 7) is 0. The molecule has 1 atom stereocenters. The van der Waals surface area contributed by atoms with E-state index in [1.54, 1.807) is 11.6 Å². The SMILES string of the molecule is O=C(/C=C/c1ccccc1NC(O)C1CCC2(CC1)CC2)NO. The van der Waals surface area contributed by atoms with Gasteiger partial charge >= 0.3 is 0 Å². The van der Waals surface area contributed by atoms with Crippen molar-refractivity contribution in [3.05, 3.63) is 35.9 Å². The third-order valence-corrected chi connectivity index (χ3v) is 5.28. The second-order valence-corrected chi connectivity index (χ2v) is 6.82. The van der Waals surface area contributed by atoms with E-state index in [0.717, 1.165) is 24.1 Å². The van der Waals surface area contributed by atoms with Crippen LogP contribution in [-0.4, -0.2) is 22.4 Å². The molecule has 2 aliphatic carbocycles. The lowest BCUT2D eigenvalue weighted by Gasteiger charge is -2.32. The predicted molar refractivity (Wildman–Crippen MR) is 88.7 cm³/mol. The summed E-state index contributed by atoms with van der Waals surface area (Å²) in [6, 6.07) is 7.49. The highest BCUT2D eigenvalue weighted by Crippen LogP contribution is 2.57. The second-order valence-electron chi connectivity index (χ2n) is 6.82. The molecule has 5 heteroatoms. The Labute approximate surface area is 136 Å². The van der Waals surface area contributed by atoms with Crippen molar-refractivity contribution in [2.75, 3.05) is 5.32 Å². The van der Waals surface area contributed by atoms with Crippen molar-refractivity contribution in [3.8, 4) is 0 Å². The Balaban J connectivity index is 1.62. The average molecular weight is 316 g/mol. The van der Waals surface area contributed by atoms with Crippen molar-refractivity contribution in [3.63, 3.8) is 0 Å². The van der Waals surface area contributed by atoms with Gasteiger partial charge in [-0.2, -0.15) is 0 Å². The Morgan fingerprint density at radius 3 is 2.57 bits per heavy atom. The molecule has 0 aliphatic heterocycles. The largest absolute Gasteiger partial charge is 0.374 e. The van der Waals surface area contributed by atoms with E-state index in [-0.39, 0.29) is 5.92 Å². The number of para-hydroxylation sites is 1. The minimum Gasteiger partial charge on any atom is -0.374 e. The zero-order chi connectivity index (χ0) is 16.3. The quantitative estimate of drug-likeness (QED) is 0.291. The molecule has 23 heavy (non-hydrogen) atoms. The number of nitrogens with one attached hydrogen (secondary N) is 2. The topological polar surface area (TPSA) is 81.6 Å². The van der Waals surface area contributed by atoms with Gasteiger partial charge in [-0.05, 0) is 61.6 Å². The number of hydrogen-bond acceptors (Lipinski definition) is 4. The molecule has 1 spiro atoms. The van der Waals surface area contributed by atoms with E-state index in [9.17, 15) is 9.90 Å². The number of benzene rings is 1. The minimum absolute atomic E-state index is 0.277. The van der Waals surface area contributed by atoms with Crippen LogP contribution in [0.4, 0.5) is 5.69 Å². The smallest absolute Gasteiger partial charge is 0.267 e. The first-order valence-corrected chi connectivity index (χ1v) is 8.28. The van der Waals surface area contributed by atoms with E-state index in [4.69, 9.17) is 5.21 Å². The molecule has 1 amide bonds. The summed E-state index contributed by atoms with van der Waals surface area (Å²) >= 11 is 0. The van der Waals surface area contributed by atoms with Gasteiger partial charge in [0.15, 0.2) is 0 Å². The van der Waals surface area contributed by atoms with E-state index in [0.29, 0.717) is 5.41 Å². The Bertz CT molecular complexity index is 586. The van der Waals surface area contributed by atoms with E-state index < -0.39 is 12.1 Å². The molecule has 5 nitrogen and oxygen atoms in total.